The maximum atomic E-state index is 11.6. The smallest absolute Gasteiger partial charge is 0.127 e. The largest absolute Gasteiger partial charge is 0.497 e. The molecule has 1 aromatic heterocycles. The van der Waals surface area contributed by atoms with Crippen LogP contribution in [0.2, 0.25) is 0 Å². The molecule has 29 heavy (non-hydrogen) atoms. The molecule has 1 aliphatic carbocycles. The molecule has 5 heteroatoms. The number of ether oxygens (including phenoxy) is 2. The molecule has 3 atom stereocenters. The van der Waals surface area contributed by atoms with E-state index in [0.29, 0.717) is 12.5 Å². The lowest BCUT2D eigenvalue weighted by atomic mass is 9.83. The Morgan fingerprint density at radius 3 is 3.03 bits per heavy atom. The number of fused-ring (bicyclic) bond motifs is 2. The molecule has 0 amide bonds. The van der Waals surface area contributed by atoms with Crippen LogP contribution < -0.4 is 9.47 Å². The lowest BCUT2D eigenvalue weighted by Gasteiger charge is -2.31. The van der Waals surface area contributed by atoms with Crippen molar-refractivity contribution in [1.29, 1.82) is 0 Å². The number of likely N-dealkylation sites (tertiary alicyclic amines) is 1. The first kappa shape index (κ1) is 18.6. The van der Waals surface area contributed by atoms with Crippen LogP contribution in [0.3, 0.4) is 0 Å². The molecule has 5 rings (SSSR count). The fourth-order valence-electron chi connectivity index (χ4n) is 5.46. The Kier molecular flexibility index (Phi) is 4.60. The average Bonchev–Trinajstić information content (AvgIpc) is 3.28. The van der Waals surface area contributed by atoms with E-state index in [2.05, 4.69) is 29.0 Å². The Morgan fingerprint density at radius 2 is 2.21 bits per heavy atom. The van der Waals surface area contributed by atoms with Crippen LogP contribution in [0, 0.1) is 18.8 Å². The van der Waals surface area contributed by atoms with Crippen LogP contribution >= 0.6 is 0 Å². The van der Waals surface area contributed by atoms with Gasteiger partial charge >= 0.3 is 0 Å². The zero-order valence-electron chi connectivity index (χ0n) is 17.1. The molecular formula is C24H28N2O3. The summed E-state index contributed by atoms with van der Waals surface area (Å²) < 4.78 is 11.3. The van der Waals surface area contributed by atoms with Gasteiger partial charge in [-0.15, -0.1) is 0 Å². The van der Waals surface area contributed by atoms with E-state index in [4.69, 9.17) is 9.47 Å². The van der Waals surface area contributed by atoms with Crippen molar-refractivity contribution in [2.45, 2.75) is 25.4 Å². The van der Waals surface area contributed by atoms with Crippen LogP contribution in [0.4, 0.5) is 0 Å². The van der Waals surface area contributed by atoms with Crippen molar-refractivity contribution in [3.8, 4) is 11.5 Å². The Bertz CT molecular complexity index is 957. The fourth-order valence-corrected chi connectivity index (χ4v) is 5.46. The van der Waals surface area contributed by atoms with Gasteiger partial charge in [-0.05, 0) is 67.2 Å². The molecule has 1 aromatic carbocycles. The van der Waals surface area contributed by atoms with Crippen molar-refractivity contribution >= 4 is 6.08 Å². The highest BCUT2D eigenvalue weighted by atomic mass is 16.5. The fraction of sp³-hybridized carbons (Fsp3) is 0.458. The minimum absolute atomic E-state index is 0.244. The van der Waals surface area contributed by atoms with Crippen LogP contribution in [-0.4, -0.2) is 48.3 Å². The molecular weight excluding hydrogens is 364 g/mol. The zero-order chi connectivity index (χ0) is 20.0. The normalized spacial score (nSPS) is 28.4. The molecule has 3 aliphatic rings. The monoisotopic (exact) mass is 392 g/mol. The summed E-state index contributed by atoms with van der Waals surface area (Å²) in [4.78, 5) is 7.03. The van der Waals surface area contributed by atoms with Gasteiger partial charge in [-0.25, -0.2) is 0 Å². The quantitative estimate of drug-likeness (QED) is 0.864. The molecule has 1 N–H and O–H groups in total. The highest BCUT2D eigenvalue weighted by Gasteiger charge is 2.53. The maximum absolute atomic E-state index is 11.6. The standard InChI is InChI=1S/C24H28N2O3/c1-16-4-3-9-25-23(16)24(27)8-7-18-13-26(14-21(18)24)12-17-10-19-11-20(28-2)5-6-22(19)29-15-17/h3-6,9-11,18,21,27H,7-8,12-15H2,1-2H3. The first-order chi connectivity index (χ1) is 14.1. The van der Waals surface area contributed by atoms with Gasteiger partial charge in [0.25, 0.3) is 0 Å². The van der Waals surface area contributed by atoms with E-state index in [-0.39, 0.29) is 5.92 Å². The van der Waals surface area contributed by atoms with Gasteiger partial charge in [0, 0.05) is 37.3 Å². The van der Waals surface area contributed by atoms with Gasteiger partial charge in [0.2, 0.25) is 0 Å². The summed E-state index contributed by atoms with van der Waals surface area (Å²) in [7, 11) is 1.68. The van der Waals surface area contributed by atoms with Gasteiger partial charge in [-0.2, -0.15) is 0 Å². The summed E-state index contributed by atoms with van der Waals surface area (Å²) in [5.74, 6) is 2.52. The van der Waals surface area contributed by atoms with Gasteiger partial charge in [-0.3, -0.25) is 9.88 Å². The van der Waals surface area contributed by atoms with Gasteiger partial charge in [0.1, 0.15) is 23.7 Å². The van der Waals surface area contributed by atoms with Crippen molar-refractivity contribution in [3.05, 3.63) is 58.9 Å². The van der Waals surface area contributed by atoms with E-state index in [1.165, 1.54) is 5.57 Å². The minimum atomic E-state index is -0.803. The van der Waals surface area contributed by atoms with Crippen molar-refractivity contribution < 1.29 is 14.6 Å². The number of hydrogen-bond donors (Lipinski definition) is 1. The molecule has 5 nitrogen and oxygen atoms in total. The highest BCUT2D eigenvalue weighted by Crippen LogP contribution is 2.50. The van der Waals surface area contributed by atoms with Gasteiger partial charge in [0.05, 0.1) is 12.8 Å². The third-order valence-corrected chi connectivity index (χ3v) is 6.86. The number of methoxy groups -OCH3 is 1. The summed E-state index contributed by atoms with van der Waals surface area (Å²) in [6.07, 6.45) is 5.90. The summed E-state index contributed by atoms with van der Waals surface area (Å²) in [6, 6.07) is 9.92. The van der Waals surface area contributed by atoms with Gasteiger partial charge in [0.15, 0.2) is 0 Å². The third kappa shape index (κ3) is 3.22. The number of nitrogens with zero attached hydrogens (tertiary/aromatic N) is 2. The molecule has 0 bridgehead atoms. The Balaban J connectivity index is 1.33. The predicted molar refractivity (Wildman–Crippen MR) is 112 cm³/mol. The second kappa shape index (κ2) is 7.15. The highest BCUT2D eigenvalue weighted by molar-refractivity contribution is 5.64. The topological polar surface area (TPSA) is 54.8 Å². The summed E-state index contributed by atoms with van der Waals surface area (Å²) in [5.41, 5.74) is 3.50. The number of hydrogen-bond acceptors (Lipinski definition) is 5. The molecule has 0 radical (unpaired) electrons. The number of rotatable bonds is 4. The van der Waals surface area contributed by atoms with Crippen LogP contribution in [0.25, 0.3) is 6.08 Å². The van der Waals surface area contributed by atoms with Crippen LogP contribution in [0.15, 0.2) is 42.1 Å². The van der Waals surface area contributed by atoms with Crippen LogP contribution in [0.5, 0.6) is 11.5 Å². The molecule has 2 aliphatic heterocycles. The second-order valence-electron chi connectivity index (χ2n) is 8.69. The minimum Gasteiger partial charge on any atom is -0.497 e. The first-order valence-corrected chi connectivity index (χ1v) is 10.4. The lowest BCUT2D eigenvalue weighted by molar-refractivity contribution is -0.0108. The Labute approximate surface area is 172 Å². The predicted octanol–water partition coefficient (Wildman–Crippen LogP) is 3.40. The maximum Gasteiger partial charge on any atom is 0.127 e. The van der Waals surface area contributed by atoms with Gasteiger partial charge < -0.3 is 14.6 Å². The number of aliphatic hydroxyl groups is 1. The number of benzene rings is 1. The molecule has 152 valence electrons. The molecule has 1 saturated carbocycles. The number of aryl methyl sites for hydroxylation is 1. The SMILES string of the molecule is COc1ccc2c(c1)C=C(CN1CC3CCC(O)(c4ncccc4C)C3C1)CO2. The molecule has 2 fully saturated rings. The van der Waals surface area contributed by atoms with Crippen molar-refractivity contribution in [3.63, 3.8) is 0 Å². The average molecular weight is 392 g/mol. The van der Waals surface area contributed by atoms with Crippen molar-refractivity contribution in [1.82, 2.24) is 9.88 Å². The van der Waals surface area contributed by atoms with Gasteiger partial charge in [-0.1, -0.05) is 6.07 Å². The van der Waals surface area contributed by atoms with E-state index in [1.54, 1.807) is 13.3 Å². The number of aromatic nitrogens is 1. The second-order valence-corrected chi connectivity index (χ2v) is 8.69. The number of pyridine rings is 1. The van der Waals surface area contributed by atoms with Crippen molar-refractivity contribution in [2.75, 3.05) is 33.4 Å². The van der Waals surface area contributed by atoms with Crippen LogP contribution in [0.1, 0.15) is 29.7 Å². The van der Waals surface area contributed by atoms with Crippen LogP contribution in [-0.2, 0) is 5.60 Å². The van der Waals surface area contributed by atoms with E-state index < -0.39 is 5.60 Å². The molecule has 3 unspecified atom stereocenters. The van der Waals surface area contributed by atoms with E-state index in [9.17, 15) is 5.11 Å². The molecule has 1 saturated heterocycles. The van der Waals surface area contributed by atoms with E-state index in [0.717, 1.165) is 60.8 Å². The van der Waals surface area contributed by atoms with E-state index >= 15 is 0 Å². The van der Waals surface area contributed by atoms with Crippen molar-refractivity contribution in [2.24, 2.45) is 11.8 Å². The molecule has 2 aromatic rings. The Morgan fingerprint density at radius 1 is 1.31 bits per heavy atom. The summed E-state index contributed by atoms with van der Waals surface area (Å²) in [5, 5.41) is 11.6. The third-order valence-electron chi connectivity index (χ3n) is 6.86. The lowest BCUT2D eigenvalue weighted by Crippen LogP contribution is -2.36. The van der Waals surface area contributed by atoms with E-state index in [1.807, 2.05) is 24.3 Å². The first-order valence-electron chi connectivity index (χ1n) is 10.4. The summed E-state index contributed by atoms with van der Waals surface area (Å²) >= 11 is 0. The Hall–Kier alpha value is -2.37. The zero-order valence-corrected chi connectivity index (χ0v) is 17.1. The molecule has 0 spiro atoms. The molecule has 3 heterocycles. The summed E-state index contributed by atoms with van der Waals surface area (Å²) in [6.45, 7) is 5.48.